The summed E-state index contributed by atoms with van der Waals surface area (Å²) in [6.45, 7) is 3.16. The van der Waals surface area contributed by atoms with Crippen LogP contribution in [0.3, 0.4) is 0 Å². The SMILES string of the molecule is CC1CCc2ccccc2N1Cc1ccc(N)c(Cl)c1. The molecule has 2 aromatic rings. The topological polar surface area (TPSA) is 29.3 Å². The fraction of sp³-hybridized carbons (Fsp3) is 0.294. The molecule has 2 nitrogen and oxygen atoms in total. The van der Waals surface area contributed by atoms with Crippen LogP contribution < -0.4 is 10.6 Å². The van der Waals surface area contributed by atoms with E-state index >= 15 is 0 Å². The van der Waals surface area contributed by atoms with Gasteiger partial charge in [0.2, 0.25) is 0 Å². The van der Waals surface area contributed by atoms with Crippen LogP contribution >= 0.6 is 11.6 Å². The quantitative estimate of drug-likeness (QED) is 0.836. The number of rotatable bonds is 2. The minimum Gasteiger partial charge on any atom is -0.398 e. The molecule has 2 N–H and O–H groups in total. The fourth-order valence-electron chi connectivity index (χ4n) is 2.87. The molecule has 0 spiro atoms. The van der Waals surface area contributed by atoms with Gasteiger partial charge in [0.15, 0.2) is 0 Å². The average Bonchev–Trinajstić information content (AvgIpc) is 2.46. The van der Waals surface area contributed by atoms with E-state index in [1.165, 1.54) is 23.2 Å². The van der Waals surface area contributed by atoms with Gasteiger partial charge in [-0.1, -0.05) is 35.9 Å². The van der Waals surface area contributed by atoms with E-state index in [9.17, 15) is 0 Å². The molecule has 1 unspecified atom stereocenters. The molecule has 0 fully saturated rings. The molecule has 0 aliphatic carbocycles. The molecule has 1 atom stereocenters. The summed E-state index contributed by atoms with van der Waals surface area (Å²) >= 11 is 6.12. The molecule has 0 saturated carbocycles. The van der Waals surface area contributed by atoms with Crippen LogP contribution in [-0.2, 0) is 13.0 Å². The van der Waals surface area contributed by atoms with Crippen molar-refractivity contribution in [2.24, 2.45) is 0 Å². The van der Waals surface area contributed by atoms with E-state index < -0.39 is 0 Å². The van der Waals surface area contributed by atoms with Crippen LogP contribution in [-0.4, -0.2) is 6.04 Å². The number of nitrogen functional groups attached to an aromatic ring is 1. The second-order valence-corrected chi connectivity index (χ2v) is 5.91. The molecule has 1 aliphatic rings. The lowest BCUT2D eigenvalue weighted by Gasteiger charge is -2.37. The van der Waals surface area contributed by atoms with E-state index in [4.69, 9.17) is 17.3 Å². The van der Waals surface area contributed by atoms with Crippen LogP contribution in [0.5, 0.6) is 0 Å². The van der Waals surface area contributed by atoms with Crippen LogP contribution in [0.4, 0.5) is 11.4 Å². The predicted molar refractivity (Wildman–Crippen MR) is 86.3 cm³/mol. The summed E-state index contributed by atoms with van der Waals surface area (Å²) in [5.74, 6) is 0. The third-order valence-electron chi connectivity index (χ3n) is 4.08. The van der Waals surface area contributed by atoms with Crippen molar-refractivity contribution in [3.8, 4) is 0 Å². The molecule has 104 valence electrons. The molecule has 0 radical (unpaired) electrons. The van der Waals surface area contributed by atoms with Crippen molar-refractivity contribution in [3.63, 3.8) is 0 Å². The fourth-order valence-corrected chi connectivity index (χ4v) is 3.07. The molecule has 0 bridgehead atoms. The summed E-state index contributed by atoms with van der Waals surface area (Å²) in [5, 5.41) is 0.639. The standard InChI is InChI=1S/C17H19ClN2/c1-12-6-8-14-4-2-3-5-17(14)20(12)11-13-7-9-16(19)15(18)10-13/h2-5,7,9-10,12H,6,8,11,19H2,1H3. The first kappa shape index (κ1) is 13.3. The summed E-state index contributed by atoms with van der Waals surface area (Å²) in [7, 11) is 0. The summed E-state index contributed by atoms with van der Waals surface area (Å²) in [5.41, 5.74) is 10.4. The van der Waals surface area contributed by atoms with E-state index in [1.807, 2.05) is 12.1 Å². The molecule has 0 aromatic heterocycles. The van der Waals surface area contributed by atoms with Gasteiger partial charge >= 0.3 is 0 Å². The van der Waals surface area contributed by atoms with E-state index in [1.54, 1.807) is 0 Å². The number of para-hydroxylation sites is 1. The van der Waals surface area contributed by atoms with E-state index in [-0.39, 0.29) is 0 Å². The molecule has 1 aliphatic heterocycles. The maximum atomic E-state index is 6.12. The Balaban J connectivity index is 1.91. The van der Waals surface area contributed by atoms with Gasteiger partial charge in [0.1, 0.15) is 0 Å². The molecule has 0 saturated heterocycles. The largest absolute Gasteiger partial charge is 0.398 e. The van der Waals surface area contributed by atoms with Gasteiger partial charge in [-0.15, -0.1) is 0 Å². The molecule has 3 heteroatoms. The monoisotopic (exact) mass is 286 g/mol. The minimum absolute atomic E-state index is 0.543. The first-order chi connectivity index (χ1) is 9.65. The molecular weight excluding hydrogens is 268 g/mol. The average molecular weight is 287 g/mol. The molecule has 3 rings (SSSR count). The van der Waals surface area contributed by atoms with Crippen molar-refractivity contribution in [1.29, 1.82) is 0 Å². The number of hydrogen-bond donors (Lipinski definition) is 1. The molecule has 1 heterocycles. The number of benzene rings is 2. The van der Waals surface area contributed by atoms with Crippen LogP contribution in [0.1, 0.15) is 24.5 Å². The number of fused-ring (bicyclic) bond motifs is 1. The van der Waals surface area contributed by atoms with Crippen molar-refractivity contribution < 1.29 is 0 Å². The zero-order valence-corrected chi connectivity index (χ0v) is 12.4. The van der Waals surface area contributed by atoms with Crippen LogP contribution in [0.15, 0.2) is 42.5 Å². The van der Waals surface area contributed by atoms with Crippen LogP contribution in [0, 0.1) is 0 Å². The van der Waals surface area contributed by atoms with Gasteiger partial charge in [0.25, 0.3) is 0 Å². The Morgan fingerprint density at radius 1 is 1.25 bits per heavy atom. The molecule has 2 aromatic carbocycles. The Kier molecular flexibility index (Phi) is 3.58. The van der Waals surface area contributed by atoms with Crippen molar-refractivity contribution >= 4 is 23.0 Å². The highest BCUT2D eigenvalue weighted by molar-refractivity contribution is 6.33. The summed E-state index contributed by atoms with van der Waals surface area (Å²) in [6, 6.07) is 15.1. The predicted octanol–water partition coefficient (Wildman–Crippen LogP) is 4.26. The Morgan fingerprint density at radius 3 is 2.85 bits per heavy atom. The van der Waals surface area contributed by atoms with E-state index in [0.29, 0.717) is 16.8 Å². The third-order valence-corrected chi connectivity index (χ3v) is 4.41. The van der Waals surface area contributed by atoms with Crippen molar-refractivity contribution in [2.75, 3.05) is 10.6 Å². The Labute approximate surface area is 125 Å². The van der Waals surface area contributed by atoms with Gasteiger partial charge in [0, 0.05) is 18.3 Å². The zero-order chi connectivity index (χ0) is 14.1. The minimum atomic E-state index is 0.543. The molecule has 0 amide bonds. The summed E-state index contributed by atoms with van der Waals surface area (Å²) in [6.07, 6.45) is 2.36. The highest BCUT2D eigenvalue weighted by Crippen LogP contribution is 2.32. The van der Waals surface area contributed by atoms with E-state index in [2.05, 4.69) is 42.2 Å². The molecule has 20 heavy (non-hydrogen) atoms. The second kappa shape index (κ2) is 5.37. The number of halogens is 1. The molecular formula is C17H19ClN2. The number of anilines is 2. The highest BCUT2D eigenvalue weighted by atomic mass is 35.5. The Bertz CT molecular complexity index is 624. The number of aryl methyl sites for hydroxylation is 1. The summed E-state index contributed by atoms with van der Waals surface area (Å²) in [4.78, 5) is 2.46. The lowest BCUT2D eigenvalue weighted by atomic mass is 9.96. The van der Waals surface area contributed by atoms with Crippen LogP contribution in [0.2, 0.25) is 5.02 Å². The first-order valence-corrected chi connectivity index (χ1v) is 7.41. The van der Waals surface area contributed by atoms with Gasteiger partial charge in [-0.05, 0) is 49.1 Å². The first-order valence-electron chi connectivity index (χ1n) is 7.03. The maximum absolute atomic E-state index is 6.12. The van der Waals surface area contributed by atoms with Gasteiger partial charge in [-0.3, -0.25) is 0 Å². The Hall–Kier alpha value is -1.67. The van der Waals surface area contributed by atoms with Gasteiger partial charge in [-0.25, -0.2) is 0 Å². The lowest BCUT2D eigenvalue weighted by Crippen LogP contribution is -2.36. The number of hydrogen-bond acceptors (Lipinski definition) is 2. The normalized spacial score (nSPS) is 17.9. The number of nitrogens with zero attached hydrogens (tertiary/aromatic N) is 1. The second-order valence-electron chi connectivity index (χ2n) is 5.50. The zero-order valence-electron chi connectivity index (χ0n) is 11.6. The lowest BCUT2D eigenvalue weighted by molar-refractivity contribution is 0.560. The maximum Gasteiger partial charge on any atom is 0.0638 e. The highest BCUT2D eigenvalue weighted by Gasteiger charge is 2.22. The van der Waals surface area contributed by atoms with Gasteiger partial charge in [0.05, 0.1) is 10.7 Å². The van der Waals surface area contributed by atoms with Gasteiger partial charge < -0.3 is 10.6 Å². The van der Waals surface area contributed by atoms with Crippen LogP contribution in [0.25, 0.3) is 0 Å². The smallest absolute Gasteiger partial charge is 0.0638 e. The van der Waals surface area contributed by atoms with E-state index in [0.717, 1.165) is 13.0 Å². The number of nitrogens with two attached hydrogens (primary N) is 1. The summed E-state index contributed by atoms with van der Waals surface area (Å²) < 4.78 is 0. The van der Waals surface area contributed by atoms with Crippen molar-refractivity contribution in [1.82, 2.24) is 0 Å². The van der Waals surface area contributed by atoms with Crippen molar-refractivity contribution in [2.45, 2.75) is 32.4 Å². The van der Waals surface area contributed by atoms with Gasteiger partial charge in [-0.2, -0.15) is 0 Å². The third kappa shape index (κ3) is 2.48. The van der Waals surface area contributed by atoms with Crippen molar-refractivity contribution in [3.05, 3.63) is 58.6 Å². The Morgan fingerprint density at radius 2 is 2.05 bits per heavy atom.